The van der Waals surface area contributed by atoms with Crippen LogP contribution in [0.1, 0.15) is 46.1 Å². The Labute approximate surface area is 208 Å². The molecule has 0 fully saturated rings. The van der Waals surface area contributed by atoms with E-state index in [4.69, 9.17) is 21.1 Å². The van der Waals surface area contributed by atoms with Gasteiger partial charge >= 0.3 is 18.2 Å². The average molecular weight is 518 g/mol. The lowest BCUT2D eigenvalue weighted by molar-refractivity contribution is -0.139. The summed E-state index contributed by atoms with van der Waals surface area (Å²) >= 11 is 7.38. The number of carboxylic acid groups (broad SMARTS) is 1. The Morgan fingerprint density at radius 1 is 1.09 bits per heavy atom. The fourth-order valence-electron chi connectivity index (χ4n) is 2.57. The van der Waals surface area contributed by atoms with Gasteiger partial charge in [-0.15, -0.1) is 11.8 Å². The van der Waals surface area contributed by atoms with Crippen molar-refractivity contribution in [2.45, 2.75) is 64.0 Å². The van der Waals surface area contributed by atoms with E-state index in [0.29, 0.717) is 17.0 Å². The van der Waals surface area contributed by atoms with Crippen LogP contribution in [0.25, 0.3) is 0 Å². The number of carbonyl (C=O) groups is 4. The summed E-state index contributed by atoms with van der Waals surface area (Å²) in [5.74, 6) is -1.15. The van der Waals surface area contributed by atoms with E-state index in [-0.39, 0.29) is 36.6 Å². The van der Waals surface area contributed by atoms with Crippen LogP contribution in [0.15, 0.2) is 24.3 Å². The van der Waals surface area contributed by atoms with E-state index < -0.39 is 29.8 Å². The molecule has 190 valence electrons. The fraction of sp³-hybridized carbons (Fsp3) is 0.545. The molecule has 0 aliphatic rings. The van der Waals surface area contributed by atoms with E-state index in [1.54, 1.807) is 45.0 Å². The number of hydrogen-bond donors (Lipinski definition) is 4. The largest absolute Gasteiger partial charge is 0.480 e. The van der Waals surface area contributed by atoms with E-state index in [2.05, 4.69) is 16.0 Å². The minimum atomic E-state index is -1.21. The van der Waals surface area contributed by atoms with Crippen LogP contribution in [0.3, 0.4) is 0 Å². The number of ether oxygens (including phenoxy) is 2. The summed E-state index contributed by atoms with van der Waals surface area (Å²) in [6.45, 7) is 6.56. The molecule has 2 atom stereocenters. The van der Waals surface area contributed by atoms with Gasteiger partial charge in [-0.25, -0.2) is 14.4 Å². The van der Waals surface area contributed by atoms with Crippen molar-refractivity contribution in [3.8, 4) is 0 Å². The third-order valence-corrected chi connectivity index (χ3v) is 5.75. The lowest BCUT2D eigenvalue weighted by Crippen LogP contribution is -2.44. The molecule has 10 nitrogen and oxygen atoms in total. The molecule has 0 aliphatic heterocycles. The number of hydrogen-bond acceptors (Lipinski definition) is 7. The smallest absolute Gasteiger partial charge is 0.408 e. The summed E-state index contributed by atoms with van der Waals surface area (Å²) in [5.41, 5.74) is -0.105. The summed E-state index contributed by atoms with van der Waals surface area (Å²) in [5, 5.41) is 17.3. The molecule has 3 amide bonds. The lowest BCUT2D eigenvalue weighted by atomic mass is 10.1. The van der Waals surface area contributed by atoms with Gasteiger partial charge in [-0.05, 0) is 39.7 Å². The number of aliphatic carboxylic acids is 1. The Balaban J connectivity index is 2.63. The molecular weight excluding hydrogens is 486 g/mol. The molecule has 4 N–H and O–H groups in total. The quantitative estimate of drug-likeness (QED) is 0.308. The second-order valence-corrected chi connectivity index (χ2v) is 10.0. The zero-order valence-corrected chi connectivity index (χ0v) is 21.3. The Kier molecular flexibility index (Phi) is 12.6. The first-order valence-corrected chi connectivity index (χ1v) is 12.0. The molecule has 0 bridgehead atoms. The SMILES string of the molecule is CC(=O)NCSC(CC[C@H](NC(=O)OC(C)(C)C)C(=O)O)CNC(=O)OCc1ccccc1Cl. The summed E-state index contributed by atoms with van der Waals surface area (Å²) in [4.78, 5) is 46.8. The van der Waals surface area contributed by atoms with Crippen molar-refractivity contribution in [1.82, 2.24) is 16.0 Å². The Morgan fingerprint density at radius 3 is 2.35 bits per heavy atom. The highest BCUT2D eigenvalue weighted by molar-refractivity contribution is 7.99. The van der Waals surface area contributed by atoms with Crippen molar-refractivity contribution >= 4 is 47.4 Å². The highest BCUT2D eigenvalue weighted by atomic mass is 35.5. The summed E-state index contributed by atoms with van der Waals surface area (Å²) < 4.78 is 10.3. The van der Waals surface area contributed by atoms with Gasteiger partial charge in [0, 0.05) is 29.3 Å². The van der Waals surface area contributed by atoms with Crippen molar-refractivity contribution < 1.29 is 33.8 Å². The third-order valence-electron chi connectivity index (χ3n) is 4.20. The second-order valence-electron chi connectivity index (χ2n) is 8.33. The molecule has 34 heavy (non-hydrogen) atoms. The monoisotopic (exact) mass is 517 g/mol. The Bertz CT molecular complexity index is 848. The molecule has 0 saturated heterocycles. The first-order chi connectivity index (χ1) is 15.9. The van der Waals surface area contributed by atoms with Crippen LogP contribution in [-0.4, -0.2) is 58.5 Å². The van der Waals surface area contributed by atoms with E-state index in [0.717, 1.165) is 0 Å². The van der Waals surface area contributed by atoms with E-state index >= 15 is 0 Å². The van der Waals surface area contributed by atoms with E-state index in [1.165, 1.54) is 18.7 Å². The van der Waals surface area contributed by atoms with Crippen LogP contribution in [0.5, 0.6) is 0 Å². The molecule has 12 heteroatoms. The molecule has 0 heterocycles. The van der Waals surface area contributed by atoms with Gasteiger partial charge in [0.05, 0.1) is 5.88 Å². The molecule has 1 unspecified atom stereocenters. The van der Waals surface area contributed by atoms with Gasteiger partial charge < -0.3 is 30.5 Å². The lowest BCUT2D eigenvalue weighted by Gasteiger charge is -2.23. The summed E-state index contributed by atoms with van der Waals surface area (Å²) in [6.07, 6.45) is -1.08. The number of rotatable bonds is 12. The van der Waals surface area contributed by atoms with E-state index in [1.807, 2.05) is 0 Å². The molecule has 1 aromatic carbocycles. The minimum absolute atomic E-state index is 0.00386. The van der Waals surface area contributed by atoms with Gasteiger partial charge in [-0.1, -0.05) is 29.8 Å². The van der Waals surface area contributed by atoms with Crippen molar-refractivity contribution in [2.24, 2.45) is 0 Å². The number of amides is 3. The topological polar surface area (TPSA) is 143 Å². The highest BCUT2D eigenvalue weighted by Gasteiger charge is 2.25. The number of thioether (sulfide) groups is 1. The highest BCUT2D eigenvalue weighted by Crippen LogP contribution is 2.18. The van der Waals surface area contributed by atoms with Crippen molar-refractivity contribution in [3.63, 3.8) is 0 Å². The van der Waals surface area contributed by atoms with Gasteiger partial charge in [-0.3, -0.25) is 4.79 Å². The number of benzene rings is 1. The summed E-state index contributed by atoms with van der Waals surface area (Å²) in [7, 11) is 0. The Morgan fingerprint density at radius 2 is 1.76 bits per heavy atom. The van der Waals surface area contributed by atoms with Crippen LogP contribution >= 0.6 is 23.4 Å². The van der Waals surface area contributed by atoms with E-state index in [9.17, 15) is 24.3 Å². The maximum Gasteiger partial charge on any atom is 0.408 e. The average Bonchev–Trinajstić information content (AvgIpc) is 2.71. The molecule has 0 saturated carbocycles. The predicted octanol–water partition coefficient (Wildman–Crippen LogP) is 3.52. The van der Waals surface area contributed by atoms with Crippen molar-refractivity contribution in [2.75, 3.05) is 12.4 Å². The zero-order valence-electron chi connectivity index (χ0n) is 19.7. The molecule has 1 rings (SSSR count). The standard InChI is InChI=1S/C22H32ClN3O7S/c1-14(27)25-13-34-16(9-10-18(19(28)29)26-21(31)33-22(2,3)4)11-24-20(30)32-12-15-7-5-6-8-17(15)23/h5-8,16,18H,9-13H2,1-4H3,(H,24,30)(H,25,27)(H,26,31)(H,28,29)/t16?,18-/m0/s1. The van der Waals surface area contributed by atoms with Gasteiger partial charge in [0.25, 0.3) is 0 Å². The van der Waals surface area contributed by atoms with Gasteiger partial charge in [0.15, 0.2) is 0 Å². The van der Waals surface area contributed by atoms with Crippen LogP contribution < -0.4 is 16.0 Å². The maximum atomic E-state index is 12.1. The third kappa shape index (κ3) is 13.1. The number of alkyl carbamates (subject to hydrolysis) is 2. The molecular formula is C22H32ClN3O7S. The molecule has 0 aromatic heterocycles. The van der Waals surface area contributed by atoms with Crippen LogP contribution in [0.4, 0.5) is 9.59 Å². The predicted molar refractivity (Wildman–Crippen MR) is 130 cm³/mol. The number of carbonyl (C=O) groups excluding carboxylic acids is 3. The number of carboxylic acids is 1. The number of nitrogens with one attached hydrogen (secondary N) is 3. The molecule has 0 spiro atoms. The molecule has 0 aliphatic carbocycles. The zero-order chi connectivity index (χ0) is 25.7. The second kappa shape index (κ2) is 14.6. The molecule has 1 aromatic rings. The minimum Gasteiger partial charge on any atom is -0.480 e. The van der Waals surface area contributed by atoms with Crippen molar-refractivity contribution in [1.29, 1.82) is 0 Å². The number of halogens is 1. The maximum absolute atomic E-state index is 12.1. The van der Waals surface area contributed by atoms with Gasteiger partial charge in [0.1, 0.15) is 18.2 Å². The van der Waals surface area contributed by atoms with Crippen LogP contribution in [0, 0.1) is 0 Å². The first-order valence-electron chi connectivity index (χ1n) is 10.6. The van der Waals surface area contributed by atoms with Crippen LogP contribution in [0.2, 0.25) is 5.02 Å². The molecule has 0 radical (unpaired) electrons. The Hall–Kier alpha value is -2.66. The van der Waals surface area contributed by atoms with Gasteiger partial charge in [0.2, 0.25) is 5.91 Å². The fourth-order valence-corrected chi connectivity index (χ4v) is 3.79. The van der Waals surface area contributed by atoms with Crippen molar-refractivity contribution in [3.05, 3.63) is 34.9 Å². The van der Waals surface area contributed by atoms with Crippen LogP contribution in [-0.2, 0) is 25.7 Å². The van der Waals surface area contributed by atoms with Gasteiger partial charge in [-0.2, -0.15) is 0 Å². The first kappa shape index (κ1) is 29.4. The summed E-state index contributed by atoms with van der Waals surface area (Å²) in [6, 6.07) is 5.81. The normalized spacial score (nSPS) is 12.7.